The lowest BCUT2D eigenvalue weighted by Gasteiger charge is -2.17. The van der Waals surface area contributed by atoms with E-state index in [9.17, 15) is 19.5 Å². The van der Waals surface area contributed by atoms with E-state index < -0.39 is 18.0 Å². The first-order valence-electron chi connectivity index (χ1n) is 6.90. The van der Waals surface area contributed by atoms with E-state index in [1.807, 2.05) is 0 Å². The van der Waals surface area contributed by atoms with Gasteiger partial charge in [0.05, 0.1) is 18.1 Å². The fourth-order valence-corrected chi connectivity index (χ4v) is 2.25. The van der Waals surface area contributed by atoms with Gasteiger partial charge in [0.25, 0.3) is 0 Å². The minimum atomic E-state index is -1.13. The topological polar surface area (TPSA) is 113 Å². The average Bonchev–Trinajstić information content (AvgIpc) is 3.01. The van der Waals surface area contributed by atoms with Gasteiger partial charge in [0, 0.05) is 13.0 Å². The number of amides is 1. The molecule has 1 aliphatic rings. The summed E-state index contributed by atoms with van der Waals surface area (Å²) in [6.45, 7) is 0.817. The molecule has 1 fully saturated rings. The molecule has 1 aromatic rings. The van der Waals surface area contributed by atoms with E-state index in [4.69, 9.17) is 9.84 Å². The number of ether oxygens (including phenoxy) is 1. The van der Waals surface area contributed by atoms with Gasteiger partial charge in [-0.3, -0.25) is 4.79 Å². The van der Waals surface area contributed by atoms with Crippen LogP contribution in [0.1, 0.15) is 22.3 Å². The van der Waals surface area contributed by atoms with Gasteiger partial charge in [-0.05, 0) is 24.1 Å². The maximum atomic E-state index is 12.0. The number of carboxylic acids is 2. The van der Waals surface area contributed by atoms with Crippen molar-refractivity contribution in [1.82, 2.24) is 5.32 Å². The van der Waals surface area contributed by atoms with Crippen LogP contribution in [0.5, 0.6) is 0 Å². The molecule has 7 nitrogen and oxygen atoms in total. The Balaban J connectivity index is 2.00. The van der Waals surface area contributed by atoms with Crippen molar-refractivity contribution >= 4 is 17.8 Å². The van der Waals surface area contributed by atoms with Gasteiger partial charge in [0.2, 0.25) is 5.91 Å². The average molecular weight is 307 g/mol. The highest BCUT2D eigenvalue weighted by Crippen LogP contribution is 2.13. The lowest BCUT2D eigenvalue weighted by Crippen LogP contribution is -2.45. The Morgan fingerprint density at radius 2 is 1.91 bits per heavy atom. The molecule has 118 valence electrons. The van der Waals surface area contributed by atoms with E-state index in [2.05, 4.69) is 5.32 Å². The summed E-state index contributed by atoms with van der Waals surface area (Å²) in [6, 6.07) is 4.85. The molecule has 22 heavy (non-hydrogen) atoms. The normalized spacial score (nSPS) is 18.6. The van der Waals surface area contributed by atoms with Crippen LogP contribution >= 0.6 is 0 Å². The number of aromatic carboxylic acids is 1. The number of carbonyl (C=O) groups excluding carboxylic acids is 1. The molecule has 0 spiro atoms. The summed E-state index contributed by atoms with van der Waals surface area (Å²) >= 11 is 0. The van der Waals surface area contributed by atoms with E-state index in [0.717, 1.165) is 0 Å². The number of hydrogen-bond acceptors (Lipinski definition) is 4. The van der Waals surface area contributed by atoms with Crippen molar-refractivity contribution in [1.29, 1.82) is 0 Å². The fourth-order valence-electron chi connectivity index (χ4n) is 2.25. The number of nitrogens with one attached hydrogen (secondary N) is 1. The fraction of sp³-hybridized carbons (Fsp3) is 0.400. The monoisotopic (exact) mass is 307 g/mol. The molecule has 0 unspecified atom stereocenters. The molecule has 0 bridgehead atoms. The molecule has 0 saturated carbocycles. The van der Waals surface area contributed by atoms with Crippen molar-refractivity contribution in [3.8, 4) is 0 Å². The van der Waals surface area contributed by atoms with Crippen molar-refractivity contribution in [3.63, 3.8) is 0 Å². The van der Waals surface area contributed by atoms with Crippen molar-refractivity contribution in [2.75, 3.05) is 13.2 Å². The molecular formula is C15H17NO6. The molecule has 1 aliphatic heterocycles. The maximum Gasteiger partial charge on any atom is 0.335 e. The molecule has 0 radical (unpaired) electrons. The zero-order valence-corrected chi connectivity index (χ0v) is 11.8. The predicted molar refractivity (Wildman–Crippen MR) is 75.6 cm³/mol. The summed E-state index contributed by atoms with van der Waals surface area (Å²) in [6.07, 6.45) is 0.681. The smallest absolute Gasteiger partial charge is 0.335 e. The Labute approximate surface area is 126 Å². The molecule has 1 aromatic carbocycles. The number of hydrogen-bond donors (Lipinski definition) is 3. The quantitative estimate of drug-likeness (QED) is 0.706. The largest absolute Gasteiger partial charge is 0.480 e. The van der Waals surface area contributed by atoms with Crippen LogP contribution in [0.25, 0.3) is 0 Å². The second-order valence-corrected chi connectivity index (χ2v) is 5.17. The molecule has 2 rings (SSSR count). The molecule has 1 amide bonds. The minimum absolute atomic E-state index is 0.0918. The lowest BCUT2D eigenvalue weighted by molar-refractivity contribution is -0.142. The summed E-state index contributed by atoms with van der Waals surface area (Å²) < 4.78 is 5.11. The predicted octanol–water partition coefficient (Wildman–Crippen LogP) is 0.533. The summed E-state index contributed by atoms with van der Waals surface area (Å²) in [7, 11) is 0. The molecule has 0 aliphatic carbocycles. The van der Waals surface area contributed by atoms with Gasteiger partial charge in [0.1, 0.15) is 6.04 Å². The van der Waals surface area contributed by atoms with Gasteiger partial charge >= 0.3 is 11.9 Å². The molecular weight excluding hydrogens is 290 g/mol. The van der Waals surface area contributed by atoms with Crippen molar-refractivity contribution in [2.45, 2.75) is 18.9 Å². The number of carbonyl (C=O) groups is 3. The Bertz CT molecular complexity index is 562. The van der Waals surface area contributed by atoms with E-state index in [-0.39, 0.29) is 23.8 Å². The maximum absolute atomic E-state index is 12.0. The third-order valence-corrected chi connectivity index (χ3v) is 3.56. The second-order valence-electron chi connectivity index (χ2n) is 5.17. The van der Waals surface area contributed by atoms with Gasteiger partial charge in [-0.1, -0.05) is 12.1 Å². The van der Waals surface area contributed by atoms with Crippen molar-refractivity contribution in [2.24, 2.45) is 5.92 Å². The first-order chi connectivity index (χ1) is 10.5. The van der Waals surface area contributed by atoms with Crippen LogP contribution in [0.15, 0.2) is 24.3 Å². The van der Waals surface area contributed by atoms with Gasteiger partial charge in [-0.15, -0.1) is 0 Å². The molecule has 3 N–H and O–H groups in total. The zero-order chi connectivity index (χ0) is 16.1. The minimum Gasteiger partial charge on any atom is -0.480 e. The highest BCUT2D eigenvalue weighted by atomic mass is 16.5. The molecule has 2 atom stereocenters. The first-order valence-corrected chi connectivity index (χ1v) is 6.90. The summed E-state index contributed by atoms with van der Waals surface area (Å²) in [5.74, 6) is -2.81. The number of rotatable bonds is 6. The van der Waals surface area contributed by atoms with Crippen LogP contribution < -0.4 is 5.32 Å². The number of aliphatic carboxylic acids is 1. The second kappa shape index (κ2) is 7.04. The summed E-state index contributed by atoms with van der Waals surface area (Å²) in [5.41, 5.74) is 0.767. The van der Waals surface area contributed by atoms with Crippen LogP contribution in [-0.4, -0.2) is 47.3 Å². The van der Waals surface area contributed by atoms with Crippen LogP contribution in [0.4, 0.5) is 0 Å². The number of carboxylic acid groups (broad SMARTS) is 2. The van der Waals surface area contributed by atoms with Gasteiger partial charge in [0.15, 0.2) is 0 Å². The van der Waals surface area contributed by atoms with Crippen LogP contribution in [0.3, 0.4) is 0 Å². The van der Waals surface area contributed by atoms with Crippen LogP contribution in [0.2, 0.25) is 0 Å². The van der Waals surface area contributed by atoms with Gasteiger partial charge < -0.3 is 20.3 Å². The first kappa shape index (κ1) is 16.0. The van der Waals surface area contributed by atoms with Gasteiger partial charge in [-0.2, -0.15) is 0 Å². The molecule has 1 saturated heterocycles. The highest BCUT2D eigenvalue weighted by molar-refractivity contribution is 5.87. The Hall–Kier alpha value is -2.41. The lowest BCUT2D eigenvalue weighted by atomic mass is 10.0. The van der Waals surface area contributed by atoms with E-state index in [1.165, 1.54) is 12.1 Å². The van der Waals surface area contributed by atoms with Crippen molar-refractivity contribution < 1.29 is 29.3 Å². The van der Waals surface area contributed by atoms with Crippen LogP contribution in [0, 0.1) is 5.92 Å². The van der Waals surface area contributed by atoms with E-state index >= 15 is 0 Å². The Morgan fingerprint density at radius 3 is 2.41 bits per heavy atom. The van der Waals surface area contributed by atoms with E-state index in [0.29, 0.717) is 25.2 Å². The van der Waals surface area contributed by atoms with Crippen molar-refractivity contribution in [3.05, 3.63) is 35.4 Å². The standard InChI is InChI=1S/C15H17NO6/c17-13(11-5-6-22-8-11)16-12(15(20)21)7-9-1-3-10(4-2-9)14(18)19/h1-4,11-12H,5-8H2,(H,16,17)(H,18,19)(H,20,21)/t11-,12-/m0/s1. The number of benzene rings is 1. The summed E-state index contributed by atoms with van der Waals surface area (Å²) in [5, 5.41) is 20.6. The molecule has 0 aromatic heterocycles. The third kappa shape index (κ3) is 4.05. The molecule has 1 heterocycles. The SMILES string of the molecule is O=C(O)c1ccc(C[C@H](NC(=O)[C@H]2CCOC2)C(=O)O)cc1. The van der Waals surface area contributed by atoms with E-state index in [1.54, 1.807) is 12.1 Å². The van der Waals surface area contributed by atoms with Crippen LogP contribution in [-0.2, 0) is 20.7 Å². The Morgan fingerprint density at radius 1 is 1.23 bits per heavy atom. The zero-order valence-electron chi connectivity index (χ0n) is 11.8. The Kier molecular flexibility index (Phi) is 5.11. The molecule has 7 heteroatoms. The summed E-state index contributed by atoms with van der Waals surface area (Å²) in [4.78, 5) is 34.0. The van der Waals surface area contributed by atoms with Gasteiger partial charge in [-0.25, -0.2) is 9.59 Å². The highest BCUT2D eigenvalue weighted by Gasteiger charge is 2.28. The third-order valence-electron chi connectivity index (χ3n) is 3.56.